The molecule has 0 aliphatic carbocycles. The van der Waals surface area contributed by atoms with Crippen LogP contribution in [0.5, 0.6) is 0 Å². The van der Waals surface area contributed by atoms with Gasteiger partial charge >= 0.3 is 5.97 Å². The zero-order chi connectivity index (χ0) is 12.5. The van der Waals surface area contributed by atoms with Crippen molar-refractivity contribution in [3.8, 4) is 0 Å². The van der Waals surface area contributed by atoms with Gasteiger partial charge in [-0.05, 0) is 0 Å². The van der Waals surface area contributed by atoms with E-state index >= 15 is 0 Å². The van der Waals surface area contributed by atoms with E-state index in [1.807, 2.05) is 39.8 Å². The van der Waals surface area contributed by atoms with E-state index in [4.69, 9.17) is 5.11 Å². The molecule has 1 aromatic heterocycles. The third kappa shape index (κ3) is 2.95. The summed E-state index contributed by atoms with van der Waals surface area (Å²) in [6.07, 6.45) is 0.0537. The normalized spacial score (nSPS) is 11.6. The molecule has 0 atom stereocenters. The third-order valence-electron chi connectivity index (χ3n) is 2.09. The number of carbonyl (C=O) groups is 1. The molecule has 0 fully saturated rings. The van der Waals surface area contributed by atoms with Crippen LogP contribution in [0.3, 0.4) is 0 Å². The maximum absolute atomic E-state index is 10.8. The summed E-state index contributed by atoms with van der Waals surface area (Å²) < 4.78 is 0. The second-order valence-electron chi connectivity index (χ2n) is 4.98. The van der Waals surface area contributed by atoms with E-state index in [9.17, 15) is 4.79 Å². The van der Waals surface area contributed by atoms with Gasteiger partial charge in [-0.1, -0.05) is 20.8 Å². The van der Waals surface area contributed by atoms with Crippen molar-refractivity contribution in [3.63, 3.8) is 0 Å². The van der Waals surface area contributed by atoms with Crippen LogP contribution in [0.15, 0.2) is 0 Å². The lowest BCUT2D eigenvalue weighted by atomic mass is 9.91. The van der Waals surface area contributed by atoms with Gasteiger partial charge in [-0.2, -0.15) is 0 Å². The molecule has 0 aliphatic rings. The lowest BCUT2D eigenvalue weighted by Gasteiger charge is -2.17. The molecule has 1 aromatic rings. The molecule has 0 bridgehead atoms. The van der Waals surface area contributed by atoms with Crippen molar-refractivity contribution in [1.82, 2.24) is 4.98 Å². The first kappa shape index (κ1) is 13.0. The number of aliphatic carboxylic acids is 1. The molecule has 0 unspecified atom stereocenters. The summed E-state index contributed by atoms with van der Waals surface area (Å²) in [4.78, 5) is 18.1. The SMILES string of the molecule is CN(C)c1nc(C(C)(C)C)c(CC(=O)O)s1. The summed E-state index contributed by atoms with van der Waals surface area (Å²) in [7, 11) is 3.83. The van der Waals surface area contributed by atoms with Crippen molar-refractivity contribution in [2.75, 3.05) is 19.0 Å². The van der Waals surface area contributed by atoms with Crippen LogP contribution >= 0.6 is 11.3 Å². The van der Waals surface area contributed by atoms with Crippen molar-refractivity contribution in [2.45, 2.75) is 32.6 Å². The van der Waals surface area contributed by atoms with Gasteiger partial charge in [-0.15, -0.1) is 11.3 Å². The van der Waals surface area contributed by atoms with Crippen LogP contribution in [0.2, 0.25) is 0 Å². The zero-order valence-corrected chi connectivity index (χ0v) is 11.2. The summed E-state index contributed by atoms with van der Waals surface area (Å²) in [5.41, 5.74) is 0.777. The predicted octanol–water partition coefficient (Wildman–Crippen LogP) is 2.13. The van der Waals surface area contributed by atoms with Gasteiger partial charge < -0.3 is 10.0 Å². The highest BCUT2D eigenvalue weighted by molar-refractivity contribution is 7.15. The van der Waals surface area contributed by atoms with Crippen LogP contribution in [-0.2, 0) is 16.6 Å². The van der Waals surface area contributed by atoms with Gasteiger partial charge in [0.1, 0.15) is 0 Å². The highest BCUT2D eigenvalue weighted by atomic mass is 32.1. The van der Waals surface area contributed by atoms with E-state index in [1.165, 1.54) is 11.3 Å². The lowest BCUT2D eigenvalue weighted by molar-refractivity contribution is -0.136. The number of rotatable bonds is 3. The number of thiazole rings is 1. The molecular formula is C11H18N2O2S. The molecule has 0 amide bonds. The van der Waals surface area contributed by atoms with Crippen LogP contribution in [-0.4, -0.2) is 30.2 Å². The second kappa shape index (κ2) is 4.41. The number of hydrogen-bond donors (Lipinski definition) is 1. The van der Waals surface area contributed by atoms with Gasteiger partial charge in [-0.3, -0.25) is 4.79 Å². The summed E-state index contributed by atoms with van der Waals surface area (Å²) in [5.74, 6) is -0.806. The smallest absolute Gasteiger partial charge is 0.308 e. The zero-order valence-electron chi connectivity index (χ0n) is 10.4. The molecule has 16 heavy (non-hydrogen) atoms. The standard InChI is InChI=1S/C11H18N2O2S/c1-11(2,3)9-7(6-8(14)15)16-10(12-9)13(4)5/h6H2,1-5H3,(H,14,15). The predicted molar refractivity (Wildman–Crippen MR) is 66.5 cm³/mol. The molecule has 1 N–H and O–H groups in total. The lowest BCUT2D eigenvalue weighted by Crippen LogP contribution is -2.16. The van der Waals surface area contributed by atoms with E-state index in [0.717, 1.165) is 15.7 Å². The Morgan fingerprint density at radius 3 is 2.38 bits per heavy atom. The number of nitrogens with zero attached hydrogens (tertiary/aromatic N) is 2. The van der Waals surface area contributed by atoms with E-state index in [0.29, 0.717) is 0 Å². The van der Waals surface area contributed by atoms with Crippen LogP contribution in [0, 0.1) is 0 Å². The average Bonchev–Trinajstić information content (AvgIpc) is 2.45. The fourth-order valence-corrected chi connectivity index (χ4v) is 2.56. The van der Waals surface area contributed by atoms with Crippen LogP contribution in [0.1, 0.15) is 31.3 Å². The summed E-state index contributed by atoms with van der Waals surface area (Å²) in [6.45, 7) is 6.15. The minimum Gasteiger partial charge on any atom is -0.481 e. The molecule has 5 heteroatoms. The number of carboxylic acid groups (broad SMARTS) is 1. The summed E-state index contributed by atoms with van der Waals surface area (Å²) in [5, 5.41) is 9.73. The van der Waals surface area contributed by atoms with Crippen molar-refractivity contribution < 1.29 is 9.90 Å². The van der Waals surface area contributed by atoms with Crippen molar-refractivity contribution in [2.24, 2.45) is 0 Å². The molecule has 0 saturated heterocycles. The van der Waals surface area contributed by atoms with Gasteiger partial charge in [0, 0.05) is 24.4 Å². The molecule has 0 aromatic carbocycles. The van der Waals surface area contributed by atoms with Crippen LogP contribution in [0.4, 0.5) is 5.13 Å². The Hall–Kier alpha value is -1.10. The topological polar surface area (TPSA) is 53.4 Å². The Bertz CT molecular complexity index is 391. The fraction of sp³-hybridized carbons (Fsp3) is 0.636. The molecule has 4 nitrogen and oxygen atoms in total. The van der Waals surface area contributed by atoms with Gasteiger partial charge in [0.15, 0.2) is 5.13 Å². The molecular weight excluding hydrogens is 224 g/mol. The maximum Gasteiger partial charge on any atom is 0.308 e. The quantitative estimate of drug-likeness (QED) is 0.882. The van der Waals surface area contributed by atoms with Gasteiger partial charge in [0.2, 0.25) is 0 Å². The molecule has 0 saturated carbocycles. The number of carboxylic acids is 1. The van der Waals surface area contributed by atoms with Gasteiger partial charge in [-0.25, -0.2) is 4.98 Å². The number of aromatic nitrogens is 1. The van der Waals surface area contributed by atoms with E-state index in [2.05, 4.69) is 4.98 Å². The van der Waals surface area contributed by atoms with E-state index in [-0.39, 0.29) is 11.8 Å². The molecule has 1 heterocycles. The molecule has 0 spiro atoms. The fourth-order valence-electron chi connectivity index (χ4n) is 1.37. The Kier molecular flexibility index (Phi) is 3.57. The Morgan fingerprint density at radius 2 is 2.00 bits per heavy atom. The maximum atomic E-state index is 10.8. The molecule has 90 valence electrons. The number of anilines is 1. The van der Waals surface area contributed by atoms with Gasteiger partial charge in [0.25, 0.3) is 0 Å². The van der Waals surface area contributed by atoms with Gasteiger partial charge in [0.05, 0.1) is 12.1 Å². The minimum atomic E-state index is -0.806. The minimum absolute atomic E-state index is 0.0537. The first-order valence-corrected chi connectivity index (χ1v) is 5.92. The highest BCUT2D eigenvalue weighted by Crippen LogP contribution is 2.33. The Balaban J connectivity index is 3.18. The molecule has 0 aliphatic heterocycles. The monoisotopic (exact) mass is 242 g/mol. The van der Waals surface area contributed by atoms with Crippen molar-refractivity contribution in [3.05, 3.63) is 10.6 Å². The van der Waals surface area contributed by atoms with Crippen molar-refractivity contribution >= 4 is 22.4 Å². The summed E-state index contributed by atoms with van der Waals surface area (Å²) >= 11 is 1.46. The number of hydrogen-bond acceptors (Lipinski definition) is 4. The Morgan fingerprint density at radius 1 is 1.44 bits per heavy atom. The third-order valence-corrected chi connectivity index (χ3v) is 3.31. The average molecular weight is 242 g/mol. The highest BCUT2D eigenvalue weighted by Gasteiger charge is 2.24. The van der Waals surface area contributed by atoms with Crippen molar-refractivity contribution in [1.29, 1.82) is 0 Å². The molecule has 0 radical (unpaired) electrons. The van der Waals surface area contributed by atoms with Crippen LogP contribution in [0.25, 0.3) is 0 Å². The summed E-state index contributed by atoms with van der Waals surface area (Å²) in [6, 6.07) is 0. The second-order valence-corrected chi connectivity index (χ2v) is 6.05. The first-order chi connectivity index (χ1) is 7.21. The van der Waals surface area contributed by atoms with E-state index < -0.39 is 5.97 Å². The molecule has 1 rings (SSSR count). The largest absolute Gasteiger partial charge is 0.481 e. The van der Waals surface area contributed by atoms with Crippen LogP contribution < -0.4 is 4.90 Å². The first-order valence-electron chi connectivity index (χ1n) is 5.11. The van der Waals surface area contributed by atoms with E-state index in [1.54, 1.807) is 0 Å². The Labute approximate surface area is 99.9 Å².